The number of amides is 1. The third-order valence-electron chi connectivity index (χ3n) is 3.23. The topological polar surface area (TPSA) is 46.3 Å². The largest absolute Gasteiger partial charge is 0.344 e. The molecule has 1 saturated carbocycles. The van der Waals surface area contributed by atoms with Crippen molar-refractivity contribution in [1.29, 1.82) is 0 Å². The Morgan fingerprint density at radius 2 is 2.07 bits per heavy atom. The van der Waals surface area contributed by atoms with Gasteiger partial charge in [-0.1, -0.05) is 25.7 Å². The van der Waals surface area contributed by atoms with E-state index < -0.39 is 0 Å². The van der Waals surface area contributed by atoms with Crippen LogP contribution in [0.4, 0.5) is 0 Å². The molecule has 0 saturated heterocycles. The standard InChI is InChI=1S/C12H24N2O/c1-10(13)9-14(2)12(15)8-7-11-5-3-4-6-11/h10-11H,3-9,13H2,1-2H3. The summed E-state index contributed by atoms with van der Waals surface area (Å²) in [6.07, 6.45) is 7.13. The van der Waals surface area contributed by atoms with Crippen molar-refractivity contribution in [2.24, 2.45) is 11.7 Å². The number of carbonyl (C=O) groups excluding carboxylic acids is 1. The average molecular weight is 212 g/mol. The van der Waals surface area contributed by atoms with E-state index in [0.29, 0.717) is 13.0 Å². The summed E-state index contributed by atoms with van der Waals surface area (Å²) in [7, 11) is 1.85. The van der Waals surface area contributed by atoms with Crippen molar-refractivity contribution in [1.82, 2.24) is 4.90 Å². The third kappa shape index (κ3) is 4.65. The normalized spacial score (nSPS) is 19.1. The van der Waals surface area contributed by atoms with Crippen LogP contribution in [-0.2, 0) is 4.79 Å². The van der Waals surface area contributed by atoms with Gasteiger partial charge in [-0.2, -0.15) is 0 Å². The fourth-order valence-electron chi connectivity index (χ4n) is 2.35. The highest BCUT2D eigenvalue weighted by Crippen LogP contribution is 2.28. The van der Waals surface area contributed by atoms with Gasteiger partial charge in [-0.05, 0) is 19.3 Å². The minimum absolute atomic E-state index is 0.0745. The Balaban J connectivity index is 2.16. The molecule has 1 aliphatic rings. The lowest BCUT2D eigenvalue weighted by Crippen LogP contribution is -2.36. The molecule has 1 fully saturated rings. The number of nitrogens with two attached hydrogens (primary N) is 1. The molecule has 1 atom stereocenters. The number of hydrogen-bond acceptors (Lipinski definition) is 2. The van der Waals surface area contributed by atoms with Crippen LogP contribution in [-0.4, -0.2) is 30.4 Å². The highest BCUT2D eigenvalue weighted by molar-refractivity contribution is 5.75. The van der Waals surface area contributed by atoms with Crippen LogP contribution in [0, 0.1) is 5.92 Å². The summed E-state index contributed by atoms with van der Waals surface area (Å²) in [4.78, 5) is 13.5. The van der Waals surface area contributed by atoms with Gasteiger partial charge in [-0.3, -0.25) is 4.79 Å². The van der Waals surface area contributed by atoms with E-state index in [-0.39, 0.29) is 11.9 Å². The Kier molecular flexibility index (Phi) is 5.09. The molecular formula is C12H24N2O. The Bertz CT molecular complexity index is 198. The summed E-state index contributed by atoms with van der Waals surface area (Å²) in [6, 6.07) is 0.0745. The van der Waals surface area contributed by atoms with Crippen molar-refractivity contribution in [3.63, 3.8) is 0 Å². The van der Waals surface area contributed by atoms with E-state index >= 15 is 0 Å². The molecule has 88 valence electrons. The highest BCUT2D eigenvalue weighted by Gasteiger charge is 2.17. The van der Waals surface area contributed by atoms with Gasteiger partial charge < -0.3 is 10.6 Å². The predicted octanol–water partition coefficient (Wildman–Crippen LogP) is 1.76. The molecule has 3 heteroatoms. The molecule has 0 aromatic heterocycles. The fourth-order valence-corrected chi connectivity index (χ4v) is 2.35. The molecule has 15 heavy (non-hydrogen) atoms. The molecule has 1 aliphatic carbocycles. The predicted molar refractivity (Wildman–Crippen MR) is 62.5 cm³/mol. The molecular weight excluding hydrogens is 188 g/mol. The third-order valence-corrected chi connectivity index (χ3v) is 3.23. The number of nitrogens with zero attached hydrogens (tertiary/aromatic N) is 1. The van der Waals surface area contributed by atoms with Crippen LogP contribution in [0.2, 0.25) is 0 Å². The molecule has 0 spiro atoms. The van der Waals surface area contributed by atoms with E-state index in [4.69, 9.17) is 5.73 Å². The average Bonchev–Trinajstić information content (AvgIpc) is 2.65. The minimum atomic E-state index is 0.0745. The number of hydrogen-bond donors (Lipinski definition) is 1. The Morgan fingerprint density at radius 1 is 1.47 bits per heavy atom. The quantitative estimate of drug-likeness (QED) is 0.755. The van der Waals surface area contributed by atoms with Crippen LogP contribution in [0.1, 0.15) is 45.4 Å². The summed E-state index contributed by atoms with van der Waals surface area (Å²) < 4.78 is 0. The van der Waals surface area contributed by atoms with Crippen LogP contribution in [0.15, 0.2) is 0 Å². The molecule has 2 N–H and O–H groups in total. The van der Waals surface area contributed by atoms with E-state index in [0.717, 1.165) is 12.3 Å². The number of rotatable bonds is 5. The molecule has 1 amide bonds. The van der Waals surface area contributed by atoms with Gasteiger partial charge in [0.25, 0.3) is 0 Å². The summed E-state index contributed by atoms with van der Waals surface area (Å²) in [5.41, 5.74) is 5.66. The van der Waals surface area contributed by atoms with Crippen molar-refractivity contribution in [2.45, 2.75) is 51.5 Å². The van der Waals surface area contributed by atoms with Crippen LogP contribution in [0.3, 0.4) is 0 Å². The molecule has 0 aromatic carbocycles. The first-order valence-electron chi connectivity index (χ1n) is 6.09. The molecule has 0 radical (unpaired) electrons. The van der Waals surface area contributed by atoms with Gasteiger partial charge in [0.1, 0.15) is 0 Å². The van der Waals surface area contributed by atoms with Gasteiger partial charge in [0.2, 0.25) is 5.91 Å². The van der Waals surface area contributed by atoms with Crippen LogP contribution in [0.5, 0.6) is 0 Å². The van der Waals surface area contributed by atoms with Crippen LogP contribution < -0.4 is 5.73 Å². The lowest BCUT2D eigenvalue weighted by Gasteiger charge is -2.20. The molecule has 1 unspecified atom stereocenters. The second-order valence-corrected chi connectivity index (χ2v) is 4.94. The zero-order valence-electron chi connectivity index (χ0n) is 10.0. The van der Waals surface area contributed by atoms with Crippen molar-refractivity contribution in [3.8, 4) is 0 Å². The fraction of sp³-hybridized carbons (Fsp3) is 0.917. The zero-order chi connectivity index (χ0) is 11.3. The first kappa shape index (κ1) is 12.5. The number of carbonyl (C=O) groups is 1. The summed E-state index contributed by atoms with van der Waals surface area (Å²) in [5, 5.41) is 0. The molecule has 0 heterocycles. The maximum atomic E-state index is 11.7. The van der Waals surface area contributed by atoms with Gasteiger partial charge in [-0.25, -0.2) is 0 Å². The van der Waals surface area contributed by atoms with Gasteiger partial charge in [0.15, 0.2) is 0 Å². The van der Waals surface area contributed by atoms with Gasteiger partial charge in [0.05, 0.1) is 0 Å². The SMILES string of the molecule is CC(N)CN(C)C(=O)CCC1CCCC1. The van der Waals surface area contributed by atoms with Gasteiger partial charge >= 0.3 is 0 Å². The Morgan fingerprint density at radius 3 is 2.60 bits per heavy atom. The van der Waals surface area contributed by atoms with Gasteiger partial charge in [0, 0.05) is 26.1 Å². The molecule has 0 bridgehead atoms. The van der Waals surface area contributed by atoms with Crippen LogP contribution in [0.25, 0.3) is 0 Å². The van der Waals surface area contributed by atoms with E-state index in [1.165, 1.54) is 25.7 Å². The van der Waals surface area contributed by atoms with Crippen LogP contribution >= 0.6 is 0 Å². The lowest BCUT2D eigenvalue weighted by molar-refractivity contribution is -0.130. The second-order valence-electron chi connectivity index (χ2n) is 4.94. The zero-order valence-corrected chi connectivity index (χ0v) is 10.0. The first-order chi connectivity index (χ1) is 7.09. The lowest BCUT2D eigenvalue weighted by atomic mass is 10.0. The maximum Gasteiger partial charge on any atom is 0.222 e. The summed E-state index contributed by atoms with van der Waals surface area (Å²) in [5.74, 6) is 1.05. The summed E-state index contributed by atoms with van der Waals surface area (Å²) in [6.45, 7) is 2.60. The van der Waals surface area contributed by atoms with E-state index in [1.807, 2.05) is 14.0 Å². The molecule has 3 nitrogen and oxygen atoms in total. The smallest absolute Gasteiger partial charge is 0.222 e. The highest BCUT2D eigenvalue weighted by atomic mass is 16.2. The van der Waals surface area contributed by atoms with E-state index in [1.54, 1.807) is 4.90 Å². The van der Waals surface area contributed by atoms with E-state index in [9.17, 15) is 4.79 Å². The summed E-state index contributed by atoms with van der Waals surface area (Å²) >= 11 is 0. The molecule has 0 aromatic rings. The minimum Gasteiger partial charge on any atom is -0.344 e. The van der Waals surface area contributed by atoms with Crippen molar-refractivity contribution < 1.29 is 4.79 Å². The van der Waals surface area contributed by atoms with Gasteiger partial charge in [-0.15, -0.1) is 0 Å². The van der Waals surface area contributed by atoms with Crippen molar-refractivity contribution in [2.75, 3.05) is 13.6 Å². The monoisotopic (exact) mass is 212 g/mol. The van der Waals surface area contributed by atoms with Crippen molar-refractivity contribution in [3.05, 3.63) is 0 Å². The molecule has 1 rings (SSSR count). The Labute approximate surface area is 93.0 Å². The second kappa shape index (κ2) is 6.11. The molecule has 0 aliphatic heterocycles. The first-order valence-corrected chi connectivity index (χ1v) is 6.09. The number of likely N-dealkylation sites (N-methyl/N-ethyl adjacent to an activating group) is 1. The Hall–Kier alpha value is -0.570. The maximum absolute atomic E-state index is 11.7. The van der Waals surface area contributed by atoms with E-state index in [2.05, 4.69) is 0 Å². The van der Waals surface area contributed by atoms with Crippen molar-refractivity contribution >= 4 is 5.91 Å².